The van der Waals surface area contributed by atoms with E-state index in [4.69, 9.17) is 9.47 Å². The molecule has 3 aromatic rings. The van der Waals surface area contributed by atoms with Crippen molar-refractivity contribution in [3.63, 3.8) is 0 Å². The number of aromatic amines is 1. The fourth-order valence-corrected chi connectivity index (χ4v) is 4.48. The van der Waals surface area contributed by atoms with Gasteiger partial charge < -0.3 is 19.8 Å². The number of thioether (sulfide) groups is 1. The number of aromatic nitrogens is 2. The molecule has 1 aromatic heterocycles. The molecule has 1 aliphatic heterocycles. The second-order valence-electron chi connectivity index (χ2n) is 7.47. The predicted octanol–water partition coefficient (Wildman–Crippen LogP) is 4.33. The number of hydrogen-bond donors (Lipinski definition) is 2. The number of ether oxygens (including phenoxy) is 2. The molecule has 2 N–H and O–H groups in total. The van der Waals surface area contributed by atoms with Crippen molar-refractivity contribution in [2.24, 2.45) is 0 Å². The molecule has 4 rings (SSSR count). The van der Waals surface area contributed by atoms with Crippen LogP contribution in [0.15, 0.2) is 58.5 Å². The zero-order valence-corrected chi connectivity index (χ0v) is 18.8. The average molecular weight is 452 g/mol. The van der Waals surface area contributed by atoms with Gasteiger partial charge in [-0.3, -0.25) is 9.59 Å². The van der Waals surface area contributed by atoms with Gasteiger partial charge in [0.05, 0.1) is 19.3 Å². The first kappa shape index (κ1) is 22.0. The average Bonchev–Trinajstić information content (AvgIpc) is 2.81. The first-order valence-electron chi connectivity index (χ1n) is 10.5. The van der Waals surface area contributed by atoms with Gasteiger partial charge in [-0.2, -0.15) is 0 Å². The lowest BCUT2D eigenvalue weighted by Crippen LogP contribution is -2.31. The summed E-state index contributed by atoms with van der Waals surface area (Å²) < 4.78 is 11.2. The third-order valence-electron chi connectivity index (χ3n) is 5.20. The van der Waals surface area contributed by atoms with Gasteiger partial charge in [-0.15, -0.1) is 0 Å². The molecule has 7 nitrogen and oxygen atoms in total. The molecule has 32 heavy (non-hydrogen) atoms. The molecule has 1 aliphatic rings. The van der Waals surface area contributed by atoms with Crippen LogP contribution in [0.25, 0.3) is 0 Å². The van der Waals surface area contributed by atoms with Gasteiger partial charge in [0.15, 0.2) is 16.7 Å². The van der Waals surface area contributed by atoms with E-state index in [1.54, 1.807) is 7.11 Å². The summed E-state index contributed by atoms with van der Waals surface area (Å²) in [7, 11) is 1.57. The van der Waals surface area contributed by atoms with Crippen LogP contribution >= 0.6 is 11.8 Å². The van der Waals surface area contributed by atoms with Crippen molar-refractivity contribution in [3.05, 3.63) is 75.6 Å². The Bertz CT molecular complexity index is 1160. The molecular formula is C24H25N3O4S. The Morgan fingerprint density at radius 1 is 1.12 bits per heavy atom. The quantitative estimate of drug-likeness (QED) is 0.391. The largest absolute Gasteiger partial charge is 0.493 e. The summed E-state index contributed by atoms with van der Waals surface area (Å²) in [4.78, 5) is 32.9. The maximum Gasteiger partial charge on any atom is 0.257 e. The van der Waals surface area contributed by atoms with E-state index in [1.165, 1.54) is 11.8 Å². The van der Waals surface area contributed by atoms with Crippen LogP contribution in [0.4, 0.5) is 5.82 Å². The number of benzene rings is 2. The van der Waals surface area contributed by atoms with Crippen LogP contribution in [0.5, 0.6) is 11.5 Å². The number of carbonyl (C=O) groups is 1. The third kappa shape index (κ3) is 4.80. The van der Waals surface area contributed by atoms with Gasteiger partial charge in [0, 0.05) is 18.1 Å². The number of hydrogen-bond acceptors (Lipinski definition) is 6. The fraction of sp³-hybridized carbons (Fsp3) is 0.292. The molecule has 1 atom stereocenters. The minimum atomic E-state index is -0.419. The summed E-state index contributed by atoms with van der Waals surface area (Å²) in [6.45, 7) is 2.61. The van der Waals surface area contributed by atoms with Crippen LogP contribution in [0.3, 0.4) is 0 Å². The molecular weight excluding hydrogens is 426 g/mol. The number of rotatable bonds is 8. The van der Waals surface area contributed by atoms with Gasteiger partial charge in [-0.25, -0.2) is 4.98 Å². The van der Waals surface area contributed by atoms with E-state index in [-0.39, 0.29) is 17.9 Å². The van der Waals surface area contributed by atoms with Crippen molar-refractivity contribution in [1.82, 2.24) is 9.97 Å². The number of amides is 1. The topological polar surface area (TPSA) is 93.3 Å². The molecule has 0 radical (unpaired) electrons. The van der Waals surface area contributed by atoms with E-state index in [1.807, 2.05) is 55.5 Å². The number of carbonyl (C=O) groups excluding carboxylic acids is 1. The maximum absolute atomic E-state index is 13.0. The standard InChI is InChI=1S/C24H25N3O4S/c1-3-11-31-18-10-9-16(12-19(18)30-2)17-13-20(28)25-22-21(17)23(29)27-24(26-22)32-14-15-7-5-4-6-8-15/h4-10,12,17H,3,11,13-14H2,1-2H3,(H2,25,26,27,28,29)/t17-/m0/s1. The molecule has 2 aromatic carbocycles. The number of anilines is 1. The van der Waals surface area contributed by atoms with Gasteiger partial charge in [0.25, 0.3) is 5.56 Å². The summed E-state index contributed by atoms with van der Waals surface area (Å²) in [5, 5.41) is 3.24. The highest BCUT2D eigenvalue weighted by Gasteiger charge is 2.31. The molecule has 1 amide bonds. The highest BCUT2D eigenvalue weighted by Crippen LogP contribution is 2.38. The molecule has 166 valence electrons. The van der Waals surface area contributed by atoms with E-state index < -0.39 is 5.92 Å². The van der Waals surface area contributed by atoms with Gasteiger partial charge in [-0.1, -0.05) is 55.1 Å². The Kier molecular flexibility index (Phi) is 6.80. The molecule has 0 unspecified atom stereocenters. The monoisotopic (exact) mass is 451 g/mol. The first-order valence-corrected chi connectivity index (χ1v) is 11.5. The highest BCUT2D eigenvalue weighted by atomic mass is 32.2. The predicted molar refractivity (Wildman–Crippen MR) is 125 cm³/mol. The van der Waals surface area contributed by atoms with E-state index in [0.29, 0.717) is 40.4 Å². The smallest absolute Gasteiger partial charge is 0.257 e. The Morgan fingerprint density at radius 2 is 1.94 bits per heavy atom. The lowest BCUT2D eigenvalue weighted by molar-refractivity contribution is -0.116. The molecule has 2 heterocycles. The van der Waals surface area contributed by atoms with Crippen LogP contribution in [-0.2, 0) is 10.5 Å². The van der Waals surface area contributed by atoms with Crippen molar-refractivity contribution in [2.45, 2.75) is 36.6 Å². The van der Waals surface area contributed by atoms with Crippen molar-refractivity contribution >= 4 is 23.5 Å². The van der Waals surface area contributed by atoms with Crippen LogP contribution in [0, 0.1) is 0 Å². The molecule has 8 heteroatoms. The number of H-pyrrole nitrogens is 1. The van der Waals surface area contributed by atoms with Crippen molar-refractivity contribution in [3.8, 4) is 11.5 Å². The van der Waals surface area contributed by atoms with E-state index in [2.05, 4.69) is 15.3 Å². The summed E-state index contributed by atoms with van der Waals surface area (Å²) in [6.07, 6.45) is 1.04. The zero-order chi connectivity index (χ0) is 22.5. The molecule has 0 fully saturated rings. The summed E-state index contributed by atoms with van der Waals surface area (Å²) >= 11 is 1.42. The van der Waals surface area contributed by atoms with Crippen LogP contribution in [0.1, 0.15) is 42.4 Å². The number of fused-ring (bicyclic) bond motifs is 1. The third-order valence-corrected chi connectivity index (χ3v) is 6.14. The number of nitrogens with zero attached hydrogens (tertiary/aromatic N) is 1. The molecule has 0 saturated carbocycles. The second kappa shape index (κ2) is 9.91. The van der Waals surface area contributed by atoms with Crippen molar-refractivity contribution in [1.29, 1.82) is 0 Å². The van der Waals surface area contributed by atoms with Crippen LogP contribution < -0.4 is 20.3 Å². The molecule has 0 saturated heterocycles. The minimum absolute atomic E-state index is 0.159. The van der Waals surface area contributed by atoms with E-state index >= 15 is 0 Å². The lowest BCUT2D eigenvalue weighted by Gasteiger charge is -2.25. The molecule has 0 aliphatic carbocycles. The Labute approximate surface area is 190 Å². The van der Waals surface area contributed by atoms with Gasteiger partial charge in [-0.05, 0) is 29.7 Å². The maximum atomic E-state index is 13.0. The van der Waals surface area contributed by atoms with Gasteiger partial charge in [0.1, 0.15) is 5.82 Å². The van der Waals surface area contributed by atoms with Crippen molar-refractivity contribution < 1.29 is 14.3 Å². The normalized spacial score (nSPS) is 15.1. The Hall–Kier alpha value is -3.26. The summed E-state index contributed by atoms with van der Waals surface area (Å²) in [5.74, 6) is 1.59. The fourth-order valence-electron chi connectivity index (χ4n) is 3.66. The van der Waals surface area contributed by atoms with E-state index in [0.717, 1.165) is 17.5 Å². The minimum Gasteiger partial charge on any atom is -0.493 e. The lowest BCUT2D eigenvalue weighted by atomic mass is 9.86. The SMILES string of the molecule is CCCOc1ccc([C@@H]2CC(=O)Nc3nc(SCc4ccccc4)[nH]c(=O)c32)cc1OC. The van der Waals surface area contributed by atoms with Crippen LogP contribution in [0.2, 0.25) is 0 Å². The van der Waals surface area contributed by atoms with Gasteiger partial charge in [0.2, 0.25) is 5.91 Å². The Morgan fingerprint density at radius 3 is 2.69 bits per heavy atom. The van der Waals surface area contributed by atoms with Gasteiger partial charge >= 0.3 is 0 Å². The number of nitrogens with one attached hydrogen (secondary N) is 2. The second-order valence-corrected chi connectivity index (χ2v) is 8.44. The van der Waals surface area contributed by atoms with Crippen molar-refractivity contribution in [2.75, 3.05) is 19.0 Å². The summed E-state index contributed by atoms with van der Waals surface area (Å²) in [5.41, 5.74) is 2.13. The summed E-state index contributed by atoms with van der Waals surface area (Å²) in [6, 6.07) is 15.5. The first-order chi connectivity index (χ1) is 15.6. The van der Waals surface area contributed by atoms with E-state index in [9.17, 15) is 9.59 Å². The van der Waals surface area contributed by atoms with Crippen LogP contribution in [-0.4, -0.2) is 29.6 Å². The zero-order valence-electron chi connectivity index (χ0n) is 18.0. The molecule has 0 bridgehead atoms. The Balaban J connectivity index is 1.64. The number of methoxy groups -OCH3 is 1. The molecule has 0 spiro atoms. The highest BCUT2D eigenvalue weighted by molar-refractivity contribution is 7.98.